The lowest BCUT2D eigenvalue weighted by Gasteiger charge is -2.40. The van der Waals surface area contributed by atoms with Gasteiger partial charge in [0.1, 0.15) is 22.9 Å². The van der Waals surface area contributed by atoms with E-state index in [0.29, 0.717) is 64.9 Å². The number of esters is 1. The minimum absolute atomic E-state index is 0. The Hall–Kier alpha value is -4.44. The Morgan fingerprint density at radius 2 is 1.90 bits per heavy atom. The Balaban J connectivity index is 0.00000378. The van der Waals surface area contributed by atoms with E-state index < -0.39 is 29.2 Å². The van der Waals surface area contributed by atoms with Crippen molar-refractivity contribution in [1.82, 2.24) is 14.5 Å². The van der Waals surface area contributed by atoms with Crippen LogP contribution >= 0.6 is 23.2 Å². The number of rotatable bonds is 6. The summed E-state index contributed by atoms with van der Waals surface area (Å²) in [5.41, 5.74) is 3.08. The van der Waals surface area contributed by atoms with E-state index in [2.05, 4.69) is 14.8 Å². The first-order valence-electron chi connectivity index (χ1n) is 15.9. The molecule has 8 nitrogen and oxygen atoms in total. The number of nitrogens with zero attached hydrogens (tertiary/aromatic N) is 3. The van der Waals surface area contributed by atoms with Gasteiger partial charge in [0.15, 0.2) is 0 Å². The lowest BCUT2D eigenvalue weighted by atomic mass is 9.70. The molecule has 5 aromatic rings. The average molecular weight is 702 g/mol. The van der Waals surface area contributed by atoms with Crippen molar-refractivity contribution in [2.45, 2.75) is 57.3 Å². The number of benzene rings is 4. The Kier molecular flexibility index (Phi) is 8.41. The van der Waals surface area contributed by atoms with E-state index in [0.717, 1.165) is 16.8 Å². The molecule has 1 saturated heterocycles. The molecule has 0 bridgehead atoms. The number of ether oxygens (including phenoxy) is 2. The first kappa shape index (κ1) is 33.1. The second-order valence-electron chi connectivity index (χ2n) is 12.4. The second-order valence-corrected chi connectivity index (χ2v) is 13.3. The zero-order valence-corrected chi connectivity index (χ0v) is 27.7. The molecule has 49 heavy (non-hydrogen) atoms. The Bertz CT molecular complexity index is 2140. The van der Waals surface area contributed by atoms with Gasteiger partial charge in [-0.1, -0.05) is 61.0 Å². The summed E-state index contributed by atoms with van der Waals surface area (Å²) in [5, 5.41) is 3.57. The van der Waals surface area contributed by atoms with Gasteiger partial charge >= 0.3 is 5.97 Å². The number of methoxy groups -OCH3 is 1. The van der Waals surface area contributed by atoms with Gasteiger partial charge in [-0.3, -0.25) is 9.69 Å². The van der Waals surface area contributed by atoms with E-state index in [1.165, 1.54) is 13.2 Å². The first-order chi connectivity index (χ1) is 23.3. The summed E-state index contributed by atoms with van der Waals surface area (Å²) in [4.78, 5) is 34.6. The molecule has 1 fully saturated rings. The van der Waals surface area contributed by atoms with E-state index in [4.69, 9.17) is 37.7 Å². The van der Waals surface area contributed by atoms with Crippen LogP contribution in [-0.4, -0.2) is 46.1 Å². The Labute approximate surface area is 293 Å². The van der Waals surface area contributed by atoms with Crippen LogP contribution in [0.1, 0.15) is 65.5 Å². The number of likely N-dealkylation sites (tertiary alicyclic amines) is 1. The molecule has 4 aromatic carbocycles. The first-order valence-corrected chi connectivity index (χ1v) is 16.6. The molecule has 1 aromatic heterocycles. The summed E-state index contributed by atoms with van der Waals surface area (Å²) >= 11 is 12.9. The largest absolute Gasteiger partial charge is 0.494 e. The summed E-state index contributed by atoms with van der Waals surface area (Å²) in [6, 6.07) is 23.3. The molecule has 8 rings (SSSR count). The summed E-state index contributed by atoms with van der Waals surface area (Å²) in [6.45, 7) is 3.44. The van der Waals surface area contributed by atoms with Crippen molar-refractivity contribution in [3.05, 3.63) is 123 Å². The number of anilines is 1. The smallest absolute Gasteiger partial charge is 0.337 e. The number of carbonyl (C=O) groups excluding carboxylic acids is 2. The maximum Gasteiger partial charge on any atom is 0.337 e. The van der Waals surface area contributed by atoms with Crippen molar-refractivity contribution >= 4 is 51.8 Å². The number of hydrogen-bond acceptors (Lipinski definition) is 6. The molecule has 0 saturated carbocycles. The highest BCUT2D eigenvalue weighted by atomic mass is 35.5. The number of halogens is 3. The molecule has 3 aliphatic rings. The van der Waals surface area contributed by atoms with Crippen molar-refractivity contribution in [1.29, 1.82) is 0 Å². The van der Waals surface area contributed by atoms with Crippen LogP contribution in [0, 0.1) is 5.82 Å². The zero-order valence-electron chi connectivity index (χ0n) is 26.2. The normalized spacial score (nSPS) is 22.3. The highest BCUT2D eigenvalue weighted by Gasteiger charge is 2.68. The number of aromatic nitrogens is 2. The molecule has 1 spiro atoms. The maximum absolute atomic E-state index is 16.5. The number of aryl methyl sites for hydroxylation is 1. The highest BCUT2D eigenvalue weighted by molar-refractivity contribution is 6.31. The standard InChI is InChI=1S/C37H31Cl2FN4O4.CH4/c1-3-48-23-7-4-6-20(16-23)19-44-30-14-15-43-29-13-10-21(35(45)47-2)17-28(29)41-34(43)31(30)32(24-8-5-9-26(39)33(24)40)37(44)25-12-11-22(38)18-27(25)42-36(37)46;/h4-13,16-18,30-32H,3,14-15,19H2,1-2H3,(H,42,46);1H4/t30-,31+,32-,37+;/m1./s1. The predicted octanol–water partition coefficient (Wildman–Crippen LogP) is 8.31. The van der Waals surface area contributed by atoms with Crippen molar-refractivity contribution < 1.29 is 23.5 Å². The van der Waals surface area contributed by atoms with E-state index in [9.17, 15) is 9.59 Å². The third kappa shape index (κ3) is 4.93. The molecule has 4 atom stereocenters. The third-order valence-corrected chi connectivity index (χ3v) is 10.6. The van der Waals surface area contributed by atoms with Crippen LogP contribution < -0.4 is 10.1 Å². The lowest BCUT2D eigenvalue weighted by molar-refractivity contribution is -0.128. The van der Waals surface area contributed by atoms with Crippen LogP contribution in [0.15, 0.2) is 78.9 Å². The van der Waals surface area contributed by atoms with Crippen molar-refractivity contribution in [3.8, 4) is 5.75 Å². The minimum atomic E-state index is -1.35. The monoisotopic (exact) mass is 700 g/mol. The molecular weight excluding hydrogens is 666 g/mol. The van der Waals surface area contributed by atoms with Gasteiger partial charge in [-0.05, 0) is 73.0 Å². The number of fused-ring (bicyclic) bond motifs is 7. The fraction of sp³-hybridized carbons (Fsp3) is 0.289. The summed E-state index contributed by atoms with van der Waals surface area (Å²) in [7, 11) is 1.34. The van der Waals surface area contributed by atoms with Gasteiger partial charge in [-0.2, -0.15) is 0 Å². The summed E-state index contributed by atoms with van der Waals surface area (Å²) in [5.74, 6) is -1.04. The summed E-state index contributed by atoms with van der Waals surface area (Å²) < 4.78 is 29.4. The highest BCUT2D eigenvalue weighted by Crippen LogP contribution is 2.64. The second kappa shape index (κ2) is 12.5. The number of carbonyl (C=O) groups is 2. The van der Waals surface area contributed by atoms with E-state index >= 15 is 4.39 Å². The molecule has 3 aliphatic heterocycles. The molecule has 11 heteroatoms. The number of hydrogen-bond donors (Lipinski definition) is 1. The molecule has 0 radical (unpaired) electrons. The van der Waals surface area contributed by atoms with Gasteiger partial charge in [0.2, 0.25) is 5.91 Å². The summed E-state index contributed by atoms with van der Waals surface area (Å²) in [6.07, 6.45) is 0.656. The molecule has 252 valence electrons. The van der Waals surface area contributed by atoms with Gasteiger partial charge in [0, 0.05) is 47.2 Å². The molecule has 0 unspecified atom stereocenters. The fourth-order valence-electron chi connectivity index (χ4n) is 8.32. The van der Waals surface area contributed by atoms with Crippen LogP contribution in [-0.2, 0) is 28.2 Å². The molecule has 0 aliphatic carbocycles. The number of nitrogens with one attached hydrogen (secondary N) is 1. The fourth-order valence-corrected chi connectivity index (χ4v) is 8.67. The zero-order chi connectivity index (χ0) is 33.3. The number of amides is 1. The van der Waals surface area contributed by atoms with Crippen LogP contribution in [0.25, 0.3) is 11.0 Å². The Morgan fingerprint density at radius 3 is 2.69 bits per heavy atom. The van der Waals surface area contributed by atoms with E-state index in [1.54, 1.807) is 36.4 Å². The maximum atomic E-state index is 16.5. The van der Waals surface area contributed by atoms with Gasteiger partial charge in [-0.25, -0.2) is 14.2 Å². The third-order valence-electron chi connectivity index (χ3n) is 10.1. The minimum Gasteiger partial charge on any atom is -0.494 e. The van der Waals surface area contributed by atoms with Gasteiger partial charge in [0.25, 0.3) is 0 Å². The lowest BCUT2D eigenvalue weighted by Crippen LogP contribution is -2.51. The van der Waals surface area contributed by atoms with Crippen LogP contribution in [0.4, 0.5) is 10.1 Å². The quantitative estimate of drug-likeness (QED) is 0.179. The predicted molar refractivity (Wildman–Crippen MR) is 188 cm³/mol. The average Bonchev–Trinajstić information content (AvgIpc) is 3.69. The van der Waals surface area contributed by atoms with E-state index in [1.807, 2.05) is 43.3 Å². The van der Waals surface area contributed by atoms with Crippen LogP contribution in [0.5, 0.6) is 5.75 Å². The van der Waals surface area contributed by atoms with Gasteiger partial charge in [-0.15, -0.1) is 0 Å². The van der Waals surface area contributed by atoms with Gasteiger partial charge < -0.3 is 19.4 Å². The van der Waals surface area contributed by atoms with Crippen molar-refractivity contribution in [2.24, 2.45) is 0 Å². The van der Waals surface area contributed by atoms with Crippen LogP contribution in [0.2, 0.25) is 10.0 Å². The number of imidazole rings is 1. The SMILES string of the molecule is C.CCOc1cccc(CN2[C@@H]3CCn4c(nc5cc(C(=O)OC)ccc54)[C@@H]3[C@@H](c3cccc(Cl)c3F)[C@@]23C(=O)Nc2cc(Cl)ccc23)c1. The molecule has 1 N–H and O–H groups in total. The topological polar surface area (TPSA) is 85.7 Å². The van der Waals surface area contributed by atoms with Crippen molar-refractivity contribution in [2.75, 3.05) is 19.0 Å². The van der Waals surface area contributed by atoms with Crippen molar-refractivity contribution in [3.63, 3.8) is 0 Å². The molecule has 4 heterocycles. The van der Waals surface area contributed by atoms with Crippen LogP contribution in [0.3, 0.4) is 0 Å². The molecule has 1 amide bonds. The molecular formula is C38H35Cl2FN4O4. The van der Waals surface area contributed by atoms with E-state index in [-0.39, 0.29) is 24.4 Å². The Morgan fingerprint density at radius 1 is 1.08 bits per heavy atom. The van der Waals surface area contributed by atoms with Gasteiger partial charge in [0.05, 0.1) is 35.3 Å².